The van der Waals surface area contributed by atoms with E-state index in [1.54, 1.807) is 30.3 Å². The Kier molecular flexibility index (Phi) is 6.29. The van der Waals surface area contributed by atoms with Crippen molar-refractivity contribution in [1.82, 2.24) is 10.2 Å². The third kappa shape index (κ3) is 4.39. The smallest absolute Gasteiger partial charge is 0.322 e. The minimum absolute atomic E-state index is 0.0486. The molecular weight excluding hydrogens is 418 g/mol. The Morgan fingerprint density at radius 2 is 1.62 bits per heavy atom. The molecule has 1 aliphatic rings. The Bertz CT molecular complexity index is 1090. The van der Waals surface area contributed by atoms with Crippen LogP contribution in [0.15, 0.2) is 34.7 Å². The zero-order valence-electron chi connectivity index (χ0n) is 18.0. The Balaban J connectivity index is 1.56. The molecule has 0 bridgehead atoms. The van der Waals surface area contributed by atoms with Crippen molar-refractivity contribution in [2.45, 2.75) is 20.8 Å². The lowest BCUT2D eigenvalue weighted by Crippen LogP contribution is -2.13. The molecule has 1 aliphatic heterocycles. The average Bonchev–Trinajstić information content (AvgIpc) is 3.45. The summed E-state index contributed by atoms with van der Waals surface area (Å²) in [5.74, 6) is 2.29. The monoisotopic (exact) mass is 441 g/mol. The van der Waals surface area contributed by atoms with E-state index in [0.717, 1.165) is 0 Å². The Morgan fingerprint density at radius 1 is 0.938 bits per heavy atom. The van der Waals surface area contributed by atoms with E-state index in [1.807, 2.05) is 20.8 Å². The summed E-state index contributed by atoms with van der Waals surface area (Å²) in [5, 5.41) is 10.5. The molecule has 0 saturated carbocycles. The molecule has 4 rings (SSSR count). The number of amides is 1. The number of hydrogen-bond donors (Lipinski definition) is 1. The highest BCUT2D eigenvalue weighted by Crippen LogP contribution is 2.39. The van der Waals surface area contributed by atoms with E-state index in [4.69, 9.17) is 28.1 Å². The maximum atomic E-state index is 12.9. The van der Waals surface area contributed by atoms with Gasteiger partial charge in [-0.15, -0.1) is 5.10 Å². The number of ether oxygens (including phenoxy) is 5. The van der Waals surface area contributed by atoms with Gasteiger partial charge in [0, 0.05) is 11.1 Å². The molecule has 0 unspecified atom stereocenters. The molecule has 10 nitrogen and oxygen atoms in total. The minimum Gasteiger partial charge on any atom is -0.490 e. The van der Waals surface area contributed by atoms with Crippen LogP contribution in [-0.4, -0.2) is 42.7 Å². The van der Waals surface area contributed by atoms with Crippen molar-refractivity contribution in [3.63, 3.8) is 0 Å². The zero-order valence-corrected chi connectivity index (χ0v) is 18.0. The van der Waals surface area contributed by atoms with Gasteiger partial charge in [0.15, 0.2) is 23.0 Å². The molecule has 0 atom stereocenters. The number of aromatic nitrogens is 2. The summed E-state index contributed by atoms with van der Waals surface area (Å²) < 4.78 is 33.2. The number of rotatable bonds is 9. The second-order valence-corrected chi connectivity index (χ2v) is 6.54. The second kappa shape index (κ2) is 9.46. The highest BCUT2D eigenvalue weighted by molar-refractivity contribution is 6.04. The van der Waals surface area contributed by atoms with E-state index < -0.39 is 5.91 Å². The predicted octanol–water partition coefficient (Wildman–Crippen LogP) is 3.91. The van der Waals surface area contributed by atoms with Crippen LogP contribution in [0.25, 0.3) is 11.5 Å². The van der Waals surface area contributed by atoms with Crippen LogP contribution in [-0.2, 0) is 0 Å². The lowest BCUT2D eigenvalue weighted by molar-refractivity contribution is 0.102. The molecular formula is C22H23N3O7. The number of benzene rings is 2. The molecule has 168 valence electrons. The second-order valence-electron chi connectivity index (χ2n) is 6.54. The lowest BCUT2D eigenvalue weighted by Gasteiger charge is -2.16. The number of carbonyl (C=O) groups excluding carboxylic acids is 1. The molecule has 2 aromatic carbocycles. The molecule has 2 heterocycles. The number of carbonyl (C=O) groups is 1. The topological polar surface area (TPSA) is 114 Å². The number of nitrogens with one attached hydrogen (secondary N) is 1. The first-order valence-electron chi connectivity index (χ1n) is 10.2. The molecule has 0 saturated heterocycles. The number of hydrogen-bond acceptors (Lipinski definition) is 9. The van der Waals surface area contributed by atoms with E-state index in [0.29, 0.717) is 59.7 Å². The molecule has 1 amide bonds. The van der Waals surface area contributed by atoms with Crippen molar-refractivity contribution in [1.29, 1.82) is 0 Å². The Labute approximate surface area is 184 Å². The fourth-order valence-electron chi connectivity index (χ4n) is 3.11. The first-order valence-corrected chi connectivity index (χ1v) is 10.2. The van der Waals surface area contributed by atoms with Crippen molar-refractivity contribution >= 4 is 11.9 Å². The summed E-state index contributed by atoms with van der Waals surface area (Å²) in [6.45, 7) is 6.95. The van der Waals surface area contributed by atoms with Gasteiger partial charge < -0.3 is 28.1 Å². The molecule has 3 aromatic rings. The van der Waals surface area contributed by atoms with E-state index in [2.05, 4.69) is 15.5 Å². The third-order valence-corrected chi connectivity index (χ3v) is 4.44. The van der Waals surface area contributed by atoms with Crippen LogP contribution in [0, 0.1) is 0 Å². The zero-order chi connectivity index (χ0) is 22.5. The third-order valence-electron chi connectivity index (χ3n) is 4.44. The first-order chi connectivity index (χ1) is 15.6. The molecule has 32 heavy (non-hydrogen) atoms. The van der Waals surface area contributed by atoms with Crippen molar-refractivity contribution in [3.8, 4) is 40.2 Å². The molecule has 0 radical (unpaired) electrons. The SMILES string of the molecule is CCOc1cc(C(=O)Nc2nnc(-c3ccc4c(c3)OCO4)o2)cc(OCC)c1OCC. The van der Waals surface area contributed by atoms with Gasteiger partial charge in [0.05, 0.1) is 19.8 Å². The number of anilines is 1. The van der Waals surface area contributed by atoms with Crippen molar-refractivity contribution < 1.29 is 32.9 Å². The van der Waals surface area contributed by atoms with Crippen molar-refractivity contribution in [3.05, 3.63) is 35.9 Å². The molecule has 1 aromatic heterocycles. The quantitative estimate of drug-likeness (QED) is 0.528. The first kappa shape index (κ1) is 21.3. The van der Waals surface area contributed by atoms with Crippen LogP contribution in [0.5, 0.6) is 28.7 Å². The Morgan fingerprint density at radius 3 is 2.31 bits per heavy atom. The van der Waals surface area contributed by atoms with E-state index in [9.17, 15) is 4.79 Å². The van der Waals surface area contributed by atoms with Crippen LogP contribution in [0.3, 0.4) is 0 Å². The summed E-state index contributed by atoms with van der Waals surface area (Å²) in [6.07, 6.45) is 0. The van der Waals surface area contributed by atoms with Gasteiger partial charge in [-0.2, -0.15) is 0 Å². The molecule has 10 heteroatoms. The maximum Gasteiger partial charge on any atom is 0.322 e. The largest absolute Gasteiger partial charge is 0.490 e. The normalized spacial score (nSPS) is 11.8. The highest BCUT2D eigenvalue weighted by Gasteiger charge is 2.21. The minimum atomic E-state index is -0.462. The molecule has 0 spiro atoms. The van der Waals surface area contributed by atoms with Gasteiger partial charge in [-0.3, -0.25) is 10.1 Å². The van der Waals surface area contributed by atoms with Crippen molar-refractivity contribution in [2.75, 3.05) is 31.9 Å². The number of nitrogens with zero attached hydrogens (tertiary/aromatic N) is 2. The summed E-state index contributed by atoms with van der Waals surface area (Å²) in [5.41, 5.74) is 0.934. The van der Waals surface area contributed by atoms with Gasteiger partial charge in [-0.05, 0) is 51.1 Å². The van der Waals surface area contributed by atoms with Gasteiger partial charge in [0.25, 0.3) is 5.91 Å². The van der Waals surface area contributed by atoms with Crippen LogP contribution in [0.1, 0.15) is 31.1 Å². The summed E-state index contributed by atoms with van der Waals surface area (Å²) in [7, 11) is 0. The Hall–Kier alpha value is -3.95. The van der Waals surface area contributed by atoms with Crippen LogP contribution < -0.4 is 29.0 Å². The fraction of sp³-hybridized carbons (Fsp3) is 0.318. The summed E-state index contributed by atoms with van der Waals surface area (Å²) in [4.78, 5) is 12.9. The van der Waals surface area contributed by atoms with E-state index in [1.165, 1.54) is 0 Å². The predicted molar refractivity (Wildman–Crippen MR) is 114 cm³/mol. The van der Waals surface area contributed by atoms with Crippen LogP contribution in [0.2, 0.25) is 0 Å². The van der Waals surface area contributed by atoms with Gasteiger partial charge in [0.1, 0.15) is 0 Å². The van der Waals surface area contributed by atoms with Gasteiger partial charge >= 0.3 is 6.01 Å². The van der Waals surface area contributed by atoms with Gasteiger partial charge in [0.2, 0.25) is 18.4 Å². The summed E-state index contributed by atoms with van der Waals surface area (Å²) >= 11 is 0. The standard InChI is InChI=1S/C22H23N3O7/c1-4-27-17-10-14(11-18(28-5-2)19(17)29-6-3)20(26)23-22-25-24-21(32-22)13-7-8-15-16(9-13)31-12-30-15/h7-11H,4-6,12H2,1-3H3,(H,23,25,26). The fourth-order valence-corrected chi connectivity index (χ4v) is 3.11. The lowest BCUT2D eigenvalue weighted by atomic mass is 10.1. The molecule has 1 N–H and O–H groups in total. The average molecular weight is 441 g/mol. The highest BCUT2D eigenvalue weighted by atomic mass is 16.7. The summed E-state index contributed by atoms with van der Waals surface area (Å²) in [6, 6.07) is 8.37. The van der Waals surface area contributed by atoms with Crippen LogP contribution >= 0.6 is 0 Å². The number of fused-ring (bicyclic) bond motifs is 1. The molecule has 0 aliphatic carbocycles. The van der Waals surface area contributed by atoms with Crippen molar-refractivity contribution in [2.24, 2.45) is 0 Å². The van der Waals surface area contributed by atoms with E-state index >= 15 is 0 Å². The molecule has 0 fully saturated rings. The maximum absolute atomic E-state index is 12.9. The van der Waals surface area contributed by atoms with Gasteiger partial charge in [-0.1, -0.05) is 5.10 Å². The van der Waals surface area contributed by atoms with Crippen LogP contribution in [0.4, 0.5) is 6.01 Å². The van der Waals surface area contributed by atoms with E-state index in [-0.39, 0.29) is 18.7 Å². The van der Waals surface area contributed by atoms with Gasteiger partial charge in [-0.25, -0.2) is 0 Å².